The summed E-state index contributed by atoms with van der Waals surface area (Å²) in [6.45, 7) is 3.79. The highest BCUT2D eigenvalue weighted by Gasteiger charge is 2.08. The molecule has 94 valence electrons. The summed E-state index contributed by atoms with van der Waals surface area (Å²) < 4.78 is 0.747. The zero-order valence-electron chi connectivity index (χ0n) is 9.91. The summed E-state index contributed by atoms with van der Waals surface area (Å²) >= 11 is 3.28. The number of nitro groups is 1. The fourth-order valence-corrected chi connectivity index (χ4v) is 2.10. The zero-order valence-corrected chi connectivity index (χ0v) is 11.5. The van der Waals surface area contributed by atoms with Crippen molar-refractivity contribution in [1.82, 2.24) is 5.32 Å². The summed E-state index contributed by atoms with van der Waals surface area (Å²) in [7, 11) is 0. The van der Waals surface area contributed by atoms with E-state index in [0.717, 1.165) is 23.0 Å². The third kappa shape index (κ3) is 5.28. The monoisotopic (exact) mass is 300 g/mol. The van der Waals surface area contributed by atoms with Crippen LogP contribution in [0, 0.1) is 10.1 Å². The number of unbranched alkanes of at least 4 members (excludes halogenated alkanes) is 2. The van der Waals surface area contributed by atoms with Gasteiger partial charge in [0.05, 0.1) is 4.92 Å². The van der Waals surface area contributed by atoms with E-state index in [1.807, 2.05) is 6.07 Å². The predicted octanol–water partition coefficient (Wildman–Crippen LogP) is 3.64. The van der Waals surface area contributed by atoms with E-state index in [1.54, 1.807) is 6.07 Å². The highest BCUT2D eigenvalue weighted by Crippen LogP contribution is 2.21. The Morgan fingerprint density at radius 1 is 1.35 bits per heavy atom. The van der Waals surface area contributed by atoms with Crippen LogP contribution in [0.4, 0.5) is 5.69 Å². The Morgan fingerprint density at radius 2 is 2.12 bits per heavy atom. The smallest absolute Gasteiger partial charge is 0.270 e. The van der Waals surface area contributed by atoms with Crippen LogP contribution in [0.5, 0.6) is 0 Å². The number of benzene rings is 1. The maximum atomic E-state index is 10.7. The van der Waals surface area contributed by atoms with E-state index in [0.29, 0.717) is 6.54 Å². The molecule has 0 heterocycles. The molecule has 0 aliphatic heterocycles. The Balaban J connectivity index is 2.50. The maximum absolute atomic E-state index is 10.7. The van der Waals surface area contributed by atoms with Crippen LogP contribution in [0.2, 0.25) is 0 Å². The van der Waals surface area contributed by atoms with Crippen molar-refractivity contribution in [2.24, 2.45) is 0 Å². The van der Waals surface area contributed by atoms with Crippen molar-refractivity contribution < 1.29 is 4.92 Å². The topological polar surface area (TPSA) is 55.2 Å². The third-order valence-electron chi connectivity index (χ3n) is 2.44. The molecule has 0 fully saturated rings. The lowest BCUT2D eigenvalue weighted by Gasteiger charge is -2.05. The van der Waals surface area contributed by atoms with Crippen molar-refractivity contribution in [3.63, 3.8) is 0 Å². The number of rotatable bonds is 7. The molecule has 0 unspecified atom stereocenters. The average Bonchev–Trinajstić information content (AvgIpc) is 2.28. The average molecular weight is 301 g/mol. The van der Waals surface area contributed by atoms with Crippen LogP contribution in [0.15, 0.2) is 22.7 Å². The van der Waals surface area contributed by atoms with E-state index < -0.39 is 0 Å². The van der Waals surface area contributed by atoms with Crippen LogP contribution < -0.4 is 5.32 Å². The van der Waals surface area contributed by atoms with Crippen molar-refractivity contribution >= 4 is 21.6 Å². The Morgan fingerprint density at radius 3 is 2.76 bits per heavy atom. The van der Waals surface area contributed by atoms with Gasteiger partial charge in [0.1, 0.15) is 0 Å². The van der Waals surface area contributed by atoms with Gasteiger partial charge in [-0.2, -0.15) is 0 Å². The van der Waals surface area contributed by atoms with E-state index in [4.69, 9.17) is 0 Å². The molecule has 0 amide bonds. The Hall–Kier alpha value is -0.940. The standard InChI is InChI=1S/C12H17BrN2O2/c1-2-3-4-5-14-9-10-6-11(13)8-12(7-10)15(16)17/h6-8,14H,2-5,9H2,1H3. The first-order valence-electron chi connectivity index (χ1n) is 5.78. The van der Waals surface area contributed by atoms with Gasteiger partial charge in [0.2, 0.25) is 0 Å². The number of hydrogen-bond donors (Lipinski definition) is 1. The number of non-ortho nitro benzene ring substituents is 1. The van der Waals surface area contributed by atoms with Crippen LogP contribution in [0.3, 0.4) is 0 Å². The minimum Gasteiger partial charge on any atom is -0.313 e. The van der Waals surface area contributed by atoms with Crippen molar-refractivity contribution in [3.05, 3.63) is 38.3 Å². The van der Waals surface area contributed by atoms with E-state index in [1.165, 1.54) is 18.9 Å². The molecule has 1 aromatic carbocycles. The quantitative estimate of drug-likeness (QED) is 0.475. The molecule has 0 aliphatic carbocycles. The lowest BCUT2D eigenvalue weighted by Crippen LogP contribution is -2.14. The van der Waals surface area contributed by atoms with E-state index in [2.05, 4.69) is 28.2 Å². The molecule has 1 N–H and O–H groups in total. The molecular formula is C12H17BrN2O2. The summed E-state index contributed by atoms with van der Waals surface area (Å²) in [5, 5.41) is 14.0. The first-order valence-corrected chi connectivity index (χ1v) is 6.57. The molecule has 0 spiro atoms. The van der Waals surface area contributed by atoms with Crippen molar-refractivity contribution in [3.8, 4) is 0 Å². The first-order chi connectivity index (χ1) is 8.13. The molecule has 1 aromatic rings. The van der Waals surface area contributed by atoms with Gasteiger partial charge in [-0.05, 0) is 24.6 Å². The van der Waals surface area contributed by atoms with Crippen LogP contribution in [-0.4, -0.2) is 11.5 Å². The molecule has 0 atom stereocenters. The van der Waals surface area contributed by atoms with Crippen molar-refractivity contribution in [1.29, 1.82) is 0 Å². The van der Waals surface area contributed by atoms with Crippen LogP contribution in [0.1, 0.15) is 31.7 Å². The van der Waals surface area contributed by atoms with Gasteiger partial charge in [-0.15, -0.1) is 0 Å². The number of nitro benzene ring substituents is 1. The number of hydrogen-bond acceptors (Lipinski definition) is 3. The molecule has 0 saturated carbocycles. The van der Waals surface area contributed by atoms with E-state index in [9.17, 15) is 10.1 Å². The number of nitrogens with one attached hydrogen (secondary N) is 1. The molecule has 0 aliphatic rings. The van der Waals surface area contributed by atoms with Crippen molar-refractivity contribution in [2.45, 2.75) is 32.7 Å². The second-order valence-electron chi connectivity index (χ2n) is 3.96. The number of nitrogens with zero attached hydrogens (tertiary/aromatic N) is 1. The third-order valence-corrected chi connectivity index (χ3v) is 2.90. The van der Waals surface area contributed by atoms with Gasteiger partial charge in [-0.1, -0.05) is 35.7 Å². The summed E-state index contributed by atoms with van der Waals surface area (Å²) in [4.78, 5) is 10.3. The van der Waals surface area contributed by atoms with Gasteiger partial charge in [0.25, 0.3) is 5.69 Å². The molecule has 0 aromatic heterocycles. The lowest BCUT2D eigenvalue weighted by atomic mass is 10.2. The Labute approximate surface area is 110 Å². The fraction of sp³-hybridized carbons (Fsp3) is 0.500. The molecule has 1 rings (SSSR count). The molecule has 5 heteroatoms. The minimum atomic E-state index is -0.370. The second kappa shape index (κ2) is 7.40. The Kier molecular flexibility index (Phi) is 6.15. The van der Waals surface area contributed by atoms with Gasteiger partial charge in [0.15, 0.2) is 0 Å². The predicted molar refractivity (Wildman–Crippen MR) is 72.0 cm³/mol. The molecule has 4 nitrogen and oxygen atoms in total. The second-order valence-corrected chi connectivity index (χ2v) is 4.87. The summed E-state index contributed by atoms with van der Waals surface area (Å²) in [5.74, 6) is 0. The van der Waals surface area contributed by atoms with Crippen LogP contribution in [0.25, 0.3) is 0 Å². The highest BCUT2D eigenvalue weighted by molar-refractivity contribution is 9.10. The highest BCUT2D eigenvalue weighted by atomic mass is 79.9. The maximum Gasteiger partial charge on any atom is 0.270 e. The summed E-state index contributed by atoms with van der Waals surface area (Å²) in [5.41, 5.74) is 1.06. The minimum absolute atomic E-state index is 0.129. The normalized spacial score (nSPS) is 10.5. The van der Waals surface area contributed by atoms with Gasteiger partial charge in [-0.25, -0.2) is 0 Å². The Bertz CT molecular complexity index is 383. The van der Waals surface area contributed by atoms with Crippen molar-refractivity contribution in [2.75, 3.05) is 6.54 Å². The number of halogens is 1. The van der Waals surface area contributed by atoms with Gasteiger partial charge < -0.3 is 5.32 Å². The molecule has 17 heavy (non-hydrogen) atoms. The fourth-order valence-electron chi connectivity index (χ4n) is 1.57. The molecule has 0 bridgehead atoms. The first kappa shape index (κ1) is 14.1. The molecular weight excluding hydrogens is 284 g/mol. The van der Waals surface area contributed by atoms with Gasteiger partial charge in [0, 0.05) is 23.2 Å². The summed E-state index contributed by atoms with van der Waals surface area (Å²) in [6, 6.07) is 5.03. The SMILES string of the molecule is CCCCCNCc1cc(Br)cc([N+](=O)[O-])c1. The molecule has 0 saturated heterocycles. The molecule has 0 radical (unpaired) electrons. The van der Waals surface area contributed by atoms with Crippen LogP contribution >= 0.6 is 15.9 Å². The summed E-state index contributed by atoms with van der Waals surface area (Å²) in [6.07, 6.45) is 3.56. The van der Waals surface area contributed by atoms with Gasteiger partial charge in [-0.3, -0.25) is 10.1 Å². The van der Waals surface area contributed by atoms with Gasteiger partial charge >= 0.3 is 0 Å². The zero-order chi connectivity index (χ0) is 12.7. The van der Waals surface area contributed by atoms with Crippen LogP contribution in [-0.2, 0) is 6.54 Å². The lowest BCUT2D eigenvalue weighted by molar-refractivity contribution is -0.385. The van der Waals surface area contributed by atoms with E-state index >= 15 is 0 Å². The largest absolute Gasteiger partial charge is 0.313 e. The van der Waals surface area contributed by atoms with E-state index in [-0.39, 0.29) is 10.6 Å².